The third-order valence-electron chi connectivity index (χ3n) is 5.74. The van der Waals surface area contributed by atoms with Gasteiger partial charge in [-0.2, -0.15) is 10.1 Å². The molecule has 30 heavy (non-hydrogen) atoms. The Kier molecular flexibility index (Phi) is 5.96. The van der Waals surface area contributed by atoms with Gasteiger partial charge in [0.25, 0.3) is 0 Å². The number of methoxy groups -OCH3 is 1. The SMILES string of the molecule is COc1ccc(CN2CCN(CC(=O)c3cc(C)n(-c4ncn[nH]4)c3C)CC2)cc1. The molecular formula is C22H28N6O2. The summed E-state index contributed by atoms with van der Waals surface area (Å²) in [6.45, 7) is 8.99. The van der Waals surface area contributed by atoms with E-state index in [1.807, 2.05) is 36.6 Å². The molecule has 3 aromatic rings. The van der Waals surface area contributed by atoms with Gasteiger partial charge in [-0.1, -0.05) is 12.1 Å². The average Bonchev–Trinajstić information content (AvgIpc) is 3.37. The van der Waals surface area contributed by atoms with Crippen molar-refractivity contribution in [1.82, 2.24) is 29.5 Å². The quantitative estimate of drug-likeness (QED) is 0.604. The number of ether oxygens (including phenoxy) is 1. The molecule has 0 radical (unpaired) electrons. The maximum atomic E-state index is 13.0. The molecule has 0 saturated carbocycles. The lowest BCUT2D eigenvalue weighted by atomic mass is 10.1. The second kappa shape index (κ2) is 8.81. The summed E-state index contributed by atoms with van der Waals surface area (Å²) in [6.07, 6.45) is 1.47. The molecule has 1 aromatic carbocycles. The fourth-order valence-corrected chi connectivity index (χ4v) is 4.06. The second-order valence-corrected chi connectivity index (χ2v) is 7.75. The molecule has 1 aliphatic heterocycles. The van der Waals surface area contributed by atoms with Crippen molar-refractivity contribution in [3.63, 3.8) is 0 Å². The second-order valence-electron chi connectivity index (χ2n) is 7.75. The van der Waals surface area contributed by atoms with E-state index in [-0.39, 0.29) is 5.78 Å². The van der Waals surface area contributed by atoms with Crippen LogP contribution in [0.3, 0.4) is 0 Å². The van der Waals surface area contributed by atoms with Crippen molar-refractivity contribution in [1.29, 1.82) is 0 Å². The third-order valence-corrected chi connectivity index (χ3v) is 5.74. The van der Waals surface area contributed by atoms with E-state index in [0.717, 1.165) is 55.4 Å². The van der Waals surface area contributed by atoms with Gasteiger partial charge in [0.15, 0.2) is 5.78 Å². The summed E-state index contributed by atoms with van der Waals surface area (Å²) in [6, 6.07) is 10.2. The minimum absolute atomic E-state index is 0.150. The van der Waals surface area contributed by atoms with Gasteiger partial charge in [-0.3, -0.25) is 19.2 Å². The topological polar surface area (TPSA) is 79.3 Å². The predicted molar refractivity (Wildman–Crippen MR) is 114 cm³/mol. The van der Waals surface area contributed by atoms with Gasteiger partial charge in [0.2, 0.25) is 5.95 Å². The van der Waals surface area contributed by atoms with Crippen LogP contribution in [0.2, 0.25) is 0 Å². The molecule has 0 unspecified atom stereocenters. The molecular weight excluding hydrogens is 380 g/mol. The zero-order valence-electron chi connectivity index (χ0n) is 17.8. The van der Waals surface area contributed by atoms with Gasteiger partial charge in [-0.25, -0.2) is 5.10 Å². The van der Waals surface area contributed by atoms with Gasteiger partial charge in [-0.05, 0) is 37.6 Å². The molecule has 8 heteroatoms. The van der Waals surface area contributed by atoms with Crippen LogP contribution in [-0.4, -0.2) is 75.2 Å². The van der Waals surface area contributed by atoms with E-state index in [0.29, 0.717) is 12.5 Å². The fourth-order valence-electron chi connectivity index (χ4n) is 4.06. The lowest BCUT2D eigenvalue weighted by Gasteiger charge is -2.34. The van der Waals surface area contributed by atoms with E-state index in [2.05, 4.69) is 37.1 Å². The minimum atomic E-state index is 0.150. The van der Waals surface area contributed by atoms with E-state index >= 15 is 0 Å². The van der Waals surface area contributed by atoms with E-state index in [9.17, 15) is 4.79 Å². The molecule has 1 aliphatic rings. The molecule has 3 heterocycles. The van der Waals surface area contributed by atoms with Crippen molar-refractivity contribution in [3.8, 4) is 11.7 Å². The Hall–Kier alpha value is -2.97. The number of rotatable bonds is 7. The van der Waals surface area contributed by atoms with Gasteiger partial charge in [-0.15, -0.1) is 0 Å². The molecule has 0 spiro atoms. The molecule has 0 amide bonds. The normalized spacial score (nSPS) is 15.4. The van der Waals surface area contributed by atoms with Gasteiger partial charge >= 0.3 is 0 Å². The zero-order valence-corrected chi connectivity index (χ0v) is 17.8. The Balaban J connectivity index is 1.33. The van der Waals surface area contributed by atoms with Crippen molar-refractivity contribution in [2.45, 2.75) is 20.4 Å². The molecule has 8 nitrogen and oxygen atoms in total. The van der Waals surface area contributed by atoms with Crippen molar-refractivity contribution < 1.29 is 9.53 Å². The molecule has 158 valence electrons. The summed E-state index contributed by atoms with van der Waals surface area (Å²) in [7, 11) is 1.68. The molecule has 0 aliphatic carbocycles. The maximum absolute atomic E-state index is 13.0. The Labute approximate surface area is 176 Å². The minimum Gasteiger partial charge on any atom is -0.497 e. The molecule has 1 saturated heterocycles. The van der Waals surface area contributed by atoms with Crippen molar-refractivity contribution in [3.05, 3.63) is 59.2 Å². The van der Waals surface area contributed by atoms with Gasteiger partial charge < -0.3 is 4.74 Å². The summed E-state index contributed by atoms with van der Waals surface area (Å²) in [5.41, 5.74) is 3.90. The van der Waals surface area contributed by atoms with Crippen molar-refractivity contribution >= 4 is 5.78 Å². The van der Waals surface area contributed by atoms with Crippen LogP contribution in [0.5, 0.6) is 5.75 Å². The summed E-state index contributed by atoms with van der Waals surface area (Å²) in [5.74, 6) is 1.67. The van der Waals surface area contributed by atoms with E-state index in [1.165, 1.54) is 11.9 Å². The van der Waals surface area contributed by atoms with Crippen LogP contribution in [-0.2, 0) is 6.54 Å². The number of nitrogens with one attached hydrogen (secondary N) is 1. The number of piperazine rings is 1. The van der Waals surface area contributed by atoms with Gasteiger partial charge in [0.05, 0.1) is 13.7 Å². The van der Waals surface area contributed by atoms with Crippen LogP contribution in [0, 0.1) is 13.8 Å². The highest BCUT2D eigenvalue weighted by Gasteiger charge is 2.23. The number of Topliss-reactive ketones (excluding diaryl/α,β-unsaturated/α-hetero) is 1. The summed E-state index contributed by atoms with van der Waals surface area (Å²) in [4.78, 5) is 21.9. The first kappa shape index (κ1) is 20.3. The monoisotopic (exact) mass is 408 g/mol. The maximum Gasteiger partial charge on any atom is 0.229 e. The van der Waals surface area contributed by atoms with Crippen molar-refractivity contribution in [2.24, 2.45) is 0 Å². The van der Waals surface area contributed by atoms with Gasteiger partial charge in [0.1, 0.15) is 12.1 Å². The van der Waals surface area contributed by atoms with Crippen LogP contribution < -0.4 is 4.74 Å². The number of benzene rings is 1. The summed E-state index contributed by atoms with van der Waals surface area (Å²) >= 11 is 0. The first-order valence-corrected chi connectivity index (χ1v) is 10.2. The Morgan fingerprint density at radius 2 is 1.80 bits per heavy atom. The molecule has 1 fully saturated rings. The largest absolute Gasteiger partial charge is 0.497 e. The number of nitrogens with zero attached hydrogens (tertiary/aromatic N) is 5. The first-order chi connectivity index (χ1) is 14.5. The van der Waals surface area contributed by atoms with Crippen LogP contribution in [0.4, 0.5) is 0 Å². The number of ketones is 1. The van der Waals surface area contributed by atoms with Crippen LogP contribution in [0.15, 0.2) is 36.7 Å². The number of carbonyl (C=O) groups is 1. The van der Waals surface area contributed by atoms with E-state index in [1.54, 1.807) is 7.11 Å². The van der Waals surface area contributed by atoms with E-state index < -0.39 is 0 Å². The smallest absolute Gasteiger partial charge is 0.229 e. The molecule has 4 rings (SSSR count). The lowest BCUT2D eigenvalue weighted by Crippen LogP contribution is -2.47. The number of aromatic amines is 1. The lowest BCUT2D eigenvalue weighted by molar-refractivity contribution is 0.0843. The Bertz CT molecular complexity index is 986. The number of carbonyl (C=O) groups excluding carboxylic acids is 1. The summed E-state index contributed by atoms with van der Waals surface area (Å²) < 4.78 is 7.16. The first-order valence-electron chi connectivity index (χ1n) is 10.2. The number of H-pyrrole nitrogens is 1. The third kappa shape index (κ3) is 4.29. The Morgan fingerprint density at radius 1 is 1.10 bits per heavy atom. The van der Waals surface area contributed by atoms with Crippen LogP contribution in [0.25, 0.3) is 5.95 Å². The molecule has 0 atom stereocenters. The van der Waals surface area contributed by atoms with Crippen LogP contribution in [0.1, 0.15) is 27.3 Å². The Morgan fingerprint density at radius 3 is 2.43 bits per heavy atom. The number of hydrogen-bond donors (Lipinski definition) is 1. The highest BCUT2D eigenvalue weighted by atomic mass is 16.5. The zero-order chi connectivity index (χ0) is 21.1. The fraction of sp³-hybridized carbons (Fsp3) is 0.409. The molecule has 1 N–H and O–H groups in total. The standard InChI is InChI=1S/C22H28N6O2/c1-16-12-20(17(2)28(16)22-23-15-24-25-22)21(29)14-27-10-8-26(9-11-27)13-18-4-6-19(30-3)7-5-18/h4-7,12,15H,8-11,13-14H2,1-3H3,(H,23,24,25). The average molecular weight is 409 g/mol. The predicted octanol–water partition coefficient (Wildman–Crippen LogP) is 2.22. The highest BCUT2D eigenvalue weighted by molar-refractivity contribution is 5.99. The number of aryl methyl sites for hydroxylation is 1. The van der Waals surface area contributed by atoms with Crippen molar-refractivity contribution in [2.75, 3.05) is 39.8 Å². The number of hydrogen-bond acceptors (Lipinski definition) is 6. The number of aromatic nitrogens is 4. The van der Waals surface area contributed by atoms with Gasteiger partial charge in [0, 0.05) is 49.7 Å². The highest BCUT2D eigenvalue weighted by Crippen LogP contribution is 2.20. The van der Waals surface area contributed by atoms with E-state index in [4.69, 9.17) is 4.74 Å². The molecule has 2 aromatic heterocycles. The molecule has 0 bridgehead atoms. The van der Waals surface area contributed by atoms with Crippen LogP contribution >= 0.6 is 0 Å². The summed E-state index contributed by atoms with van der Waals surface area (Å²) in [5, 5.41) is 6.78.